The van der Waals surface area contributed by atoms with Crippen LogP contribution in [0.5, 0.6) is 0 Å². The lowest BCUT2D eigenvalue weighted by molar-refractivity contribution is 0.392. The Balaban J connectivity index is 2.75. The minimum absolute atomic E-state index is 0.363. The predicted molar refractivity (Wildman–Crippen MR) is 35.5 cm³/mol. The van der Waals surface area contributed by atoms with Crippen molar-refractivity contribution in [2.75, 3.05) is 0 Å². The fourth-order valence-electron chi connectivity index (χ4n) is 0.795. The van der Waals surface area contributed by atoms with Gasteiger partial charge in [0.2, 0.25) is 0 Å². The normalized spacial score (nSPS) is 27.1. The van der Waals surface area contributed by atoms with Crippen molar-refractivity contribution in [1.82, 2.24) is 0 Å². The van der Waals surface area contributed by atoms with Crippen molar-refractivity contribution in [3.8, 4) is 0 Å². The van der Waals surface area contributed by atoms with Gasteiger partial charge in [-0.1, -0.05) is 6.08 Å². The molecule has 9 heavy (non-hydrogen) atoms. The van der Waals surface area contributed by atoms with Crippen molar-refractivity contribution in [2.45, 2.75) is 19.5 Å². The molecule has 0 spiro atoms. The predicted octanol–water partition coefficient (Wildman–Crippen LogP) is 1.52. The van der Waals surface area contributed by atoms with Gasteiger partial charge in [-0.15, -0.1) is 0 Å². The average Bonchev–Trinajstić information content (AvgIpc) is 1.80. The number of alkyl halides is 1. The number of halogens is 1. The van der Waals surface area contributed by atoms with Gasteiger partial charge in [-0.25, -0.2) is 4.39 Å². The van der Waals surface area contributed by atoms with Crippen LogP contribution >= 0.6 is 0 Å². The van der Waals surface area contributed by atoms with Crippen LogP contribution in [-0.2, 0) is 0 Å². The Morgan fingerprint density at radius 3 is 2.89 bits per heavy atom. The van der Waals surface area contributed by atoms with Crippen molar-refractivity contribution in [1.29, 1.82) is 0 Å². The standard InChI is InChI=1S/C7H10FN/c1-5-2-3-6(8)4-7(5)9/h2-3,6H,4,9H2,1H3. The molecule has 2 heteroatoms. The highest BCUT2D eigenvalue weighted by Crippen LogP contribution is 2.16. The molecule has 50 valence electrons. The summed E-state index contributed by atoms with van der Waals surface area (Å²) in [6.45, 7) is 1.89. The molecule has 0 saturated carbocycles. The Bertz CT molecular complexity index is 170. The SMILES string of the molecule is CC1=C(N)CC(F)C=C1. The first-order valence-electron chi connectivity index (χ1n) is 2.97. The zero-order chi connectivity index (χ0) is 6.85. The molecule has 0 aromatic rings. The Kier molecular flexibility index (Phi) is 1.56. The summed E-state index contributed by atoms with van der Waals surface area (Å²) in [5, 5.41) is 0. The van der Waals surface area contributed by atoms with Crippen LogP contribution in [0.25, 0.3) is 0 Å². The van der Waals surface area contributed by atoms with Gasteiger partial charge < -0.3 is 5.73 Å². The topological polar surface area (TPSA) is 26.0 Å². The van der Waals surface area contributed by atoms with Crippen molar-refractivity contribution in [3.05, 3.63) is 23.4 Å². The summed E-state index contributed by atoms with van der Waals surface area (Å²) < 4.78 is 12.4. The number of nitrogens with two attached hydrogens (primary N) is 1. The lowest BCUT2D eigenvalue weighted by atomic mass is 10.0. The van der Waals surface area contributed by atoms with Gasteiger partial charge in [0.05, 0.1) is 0 Å². The lowest BCUT2D eigenvalue weighted by Crippen LogP contribution is -2.10. The Labute approximate surface area is 54.0 Å². The second-order valence-electron chi connectivity index (χ2n) is 2.29. The summed E-state index contributed by atoms with van der Waals surface area (Å²) >= 11 is 0. The molecule has 0 saturated heterocycles. The fourth-order valence-corrected chi connectivity index (χ4v) is 0.795. The first-order valence-corrected chi connectivity index (χ1v) is 2.97. The Morgan fingerprint density at radius 1 is 1.78 bits per heavy atom. The third-order valence-electron chi connectivity index (χ3n) is 1.48. The summed E-state index contributed by atoms with van der Waals surface area (Å²) in [5.74, 6) is 0. The molecule has 1 unspecified atom stereocenters. The van der Waals surface area contributed by atoms with Crippen LogP contribution in [0.3, 0.4) is 0 Å². The highest BCUT2D eigenvalue weighted by molar-refractivity contribution is 5.27. The minimum atomic E-state index is -0.867. The van der Waals surface area contributed by atoms with E-state index in [1.807, 2.05) is 6.92 Å². The summed E-state index contributed by atoms with van der Waals surface area (Å²) in [6.07, 6.45) is 2.76. The maximum atomic E-state index is 12.4. The van der Waals surface area contributed by atoms with Gasteiger partial charge in [0.25, 0.3) is 0 Å². The smallest absolute Gasteiger partial charge is 0.124 e. The zero-order valence-corrected chi connectivity index (χ0v) is 5.39. The Morgan fingerprint density at radius 2 is 2.44 bits per heavy atom. The number of allylic oxidation sites excluding steroid dienone is 4. The van der Waals surface area contributed by atoms with Crippen molar-refractivity contribution >= 4 is 0 Å². The highest BCUT2D eigenvalue weighted by atomic mass is 19.1. The van der Waals surface area contributed by atoms with Gasteiger partial charge in [-0.05, 0) is 18.6 Å². The molecule has 1 rings (SSSR count). The molecule has 0 fully saturated rings. The van der Waals surface area contributed by atoms with Gasteiger partial charge >= 0.3 is 0 Å². The maximum absolute atomic E-state index is 12.4. The monoisotopic (exact) mass is 127 g/mol. The molecule has 1 atom stereocenters. The van der Waals surface area contributed by atoms with Gasteiger partial charge in [-0.3, -0.25) is 0 Å². The van der Waals surface area contributed by atoms with Gasteiger partial charge in [0.15, 0.2) is 0 Å². The second kappa shape index (κ2) is 2.21. The third-order valence-corrected chi connectivity index (χ3v) is 1.48. The first kappa shape index (κ1) is 6.33. The molecule has 0 heterocycles. The van der Waals surface area contributed by atoms with Gasteiger partial charge in [0, 0.05) is 12.1 Å². The third kappa shape index (κ3) is 1.31. The molecule has 0 bridgehead atoms. The maximum Gasteiger partial charge on any atom is 0.124 e. The molecule has 0 aromatic heterocycles. The summed E-state index contributed by atoms with van der Waals surface area (Å²) in [7, 11) is 0. The van der Waals surface area contributed by atoms with Crippen LogP contribution in [-0.4, -0.2) is 6.17 Å². The largest absolute Gasteiger partial charge is 0.402 e. The number of hydrogen-bond acceptors (Lipinski definition) is 1. The van der Waals surface area contributed by atoms with E-state index in [9.17, 15) is 4.39 Å². The lowest BCUT2D eigenvalue weighted by Gasteiger charge is -2.10. The molecule has 0 amide bonds. The summed E-state index contributed by atoms with van der Waals surface area (Å²) in [4.78, 5) is 0. The van der Waals surface area contributed by atoms with Crippen molar-refractivity contribution in [2.24, 2.45) is 5.73 Å². The highest BCUT2D eigenvalue weighted by Gasteiger charge is 2.09. The van der Waals surface area contributed by atoms with Gasteiger partial charge in [0.1, 0.15) is 6.17 Å². The van der Waals surface area contributed by atoms with E-state index in [4.69, 9.17) is 5.73 Å². The molecule has 2 N–H and O–H groups in total. The molecule has 1 nitrogen and oxygen atoms in total. The van der Waals surface area contributed by atoms with Crippen molar-refractivity contribution in [3.63, 3.8) is 0 Å². The molecule has 0 aliphatic heterocycles. The quantitative estimate of drug-likeness (QED) is 0.524. The van der Waals surface area contributed by atoms with Gasteiger partial charge in [-0.2, -0.15) is 0 Å². The first-order chi connectivity index (χ1) is 4.20. The van der Waals surface area contributed by atoms with E-state index in [-0.39, 0.29) is 0 Å². The van der Waals surface area contributed by atoms with Crippen LogP contribution in [0, 0.1) is 0 Å². The second-order valence-corrected chi connectivity index (χ2v) is 2.29. The molecular formula is C7H10FN. The molecule has 1 aliphatic rings. The van der Waals surface area contributed by atoms with Crippen LogP contribution in [0.4, 0.5) is 4.39 Å². The molecular weight excluding hydrogens is 117 g/mol. The zero-order valence-electron chi connectivity index (χ0n) is 5.39. The van der Waals surface area contributed by atoms with E-state index >= 15 is 0 Å². The van der Waals surface area contributed by atoms with E-state index in [0.717, 1.165) is 5.57 Å². The van der Waals surface area contributed by atoms with E-state index in [1.54, 1.807) is 6.08 Å². The van der Waals surface area contributed by atoms with Crippen LogP contribution < -0.4 is 5.73 Å². The van der Waals surface area contributed by atoms with Crippen molar-refractivity contribution < 1.29 is 4.39 Å². The molecule has 1 aliphatic carbocycles. The summed E-state index contributed by atoms with van der Waals surface area (Å²) in [5.41, 5.74) is 7.12. The Hall–Kier alpha value is -0.790. The average molecular weight is 127 g/mol. The van der Waals surface area contributed by atoms with E-state index < -0.39 is 6.17 Å². The molecule has 0 radical (unpaired) electrons. The number of rotatable bonds is 0. The van der Waals surface area contributed by atoms with E-state index in [0.29, 0.717) is 12.1 Å². The van der Waals surface area contributed by atoms with Crippen LogP contribution in [0.1, 0.15) is 13.3 Å². The van der Waals surface area contributed by atoms with E-state index in [1.165, 1.54) is 6.08 Å². The van der Waals surface area contributed by atoms with E-state index in [2.05, 4.69) is 0 Å². The minimum Gasteiger partial charge on any atom is -0.402 e. The fraction of sp³-hybridized carbons (Fsp3) is 0.429. The molecule has 0 aromatic carbocycles. The summed E-state index contributed by atoms with van der Waals surface area (Å²) in [6, 6.07) is 0. The number of hydrogen-bond donors (Lipinski definition) is 1. The van der Waals surface area contributed by atoms with Crippen LogP contribution in [0.2, 0.25) is 0 Å². The van der Waals surface area contributed by atoms with Crippen LogP contribution in [0.15, 0.2) is 23.4 Å².